The van der Waals surface area contributed by atoms with Crippen LogP contribution in [0.2, 0.25) is 5.02 Å². The third kappa shape index (κ3) is 5.64. The van der Waals surface area contributed by atoms with Gasteiger partial charge in [0.1, 0.15) is 11.6 Å². The summed E-state index contributed by atoms with van der Waals surface area (Å²) in [6, 6.07) is 19.0. The van der Waals surface area contributed by atoms with Crippen molar-refractivity contribution in [2.45, 2.75) is 20.3 Å². The molecule has 1 fully saturated rings. The number of Topliss-reactive ketones (excluding diaryl/α,β-unsaturated/α-hetero) is 1. The first-order valence-electron chi connectivity index (χ1n) is 10.7. The topological polar surface area (TPSA) is 82.5 Å². The number of methoxy groups -OCH3 is 1. The van der Waals surface area contributed by atoms with Crippen molar-refractivity contribution in [2.24, 2.45) is 0 Å². The van der Waals surface area contributed by atoms with E-state index < -0.39 is 0 Å². The van der Waals surface area contributed by atoms with Crippen LogP contribution < -0.4 is 10.1 Å². The Morgan fingerprint density at radius 3 is 2.24 bits per heavy atom. The molecule has 0 atom stereocenters. The molecule has 0 unspecified atom stereocenters. The van der Waals surface area contributed by atoms with E-state index in [1.54, 1.807) is 66.7 Å². The van der Waals surface area contributed by atoms with Crippen LogP contribution in [0.3, 0.4) is 0 Å². The molecule has 0 radical (unpaired) electrons. The summed E-state index contributed by atoms with van der Waals surface area (Å²) in [7, 11) is 1.53. The van der Waals surface area contributed by atoms with Gasteiger partial charge < -0.3 is 15.0 Å². The van der Waals surface area contributed by atoms with E-state index in [0.717, 1.165) is 25.1 Å². The number of nitrogens with one attached hydrogen (secondary N) is 2. The first-order chi connectivity index (χ1) is 15.9. The predicted molar refractivity (Wildman–Crippen MR) is 137 cm³/mol. The Morgan fingerprint density at radius 2 is 1.65 bits per heavy atom. The van der Waals surface area contributed by atoms with Crippen LogP contribution in [0, 0.1) is 5.41 Å². The summed E-state index contributed by atoms with van der Waals surface area (Å²) < 4.78 is 5.28. The number of amides is 1. The fraction of sp³-hybridized carbons (Fsp3) is 0.222. The smallest absolute Gasteiger partial charge is 0.256 e. The Balaban J connectivity index is 0.00000324. The zero-order valence-electron chi connectivity index (χ0n) is 18.2. The van der Waals surface area contributed by atoms with Crippen LogP contribution in [-0.4, -0.2) is 42.6 Å². The molecule has 1 heterocycles. The molecule has 0 bridgehead atoms. The number of rotatable bonds is 7. The fourth-order valence-electron chi connectivity index (χ4n) is 3.59. The van der Waals surface area contributed by atoms with E-state index in [2.05, 4.69) is 5.32 Å². The van der Waals surface area contributed by atoms with Crippen molar-refractivity contribution in [1.82, 2.24) is 4.90 Å². The van der Waals surface area contributed by atoms with Gasteiger partial charge in [-0.15, -0.1) is 0 Å². The van der Waals surface area contributed by atoms with Crippen LogP contribution in [-0.2, 0) is 6.42 Å². The zero-order valence-corrected chi connectivity index (χ0v) is 19.0. The van der Waals surface area contributed by atoms with E-state index in [0.29, 0.717) is 39.0 Å². The number of ether oxygens (including phenoxy) is 1. The van der Waals surface area contributed by atoms with E-state index in [1.807, 2.05) is 4.90 Å². The minimum atomic E-state index is -0.336. The van der Waals surface area contributed by atoms with Crippen molar-refractivity contribution in [3.63, 3.8) is 0 Å². The molecule has 0 saturated carbocycles. The summed E-state index contributed by atoms with van der Waals surface area (Å²) in [6.45, 7) is 1.80. The molecule has 7 heteroatoms. The molecule has 1 aliphatic rings. The van der Waals surface area contributed by atoms with E-state index >= 15 is 0 Å². The average Bonchev–Trinajstić information content (AvgIpc) is 2.79. The lowest BCUT2D eigenvalue weighted by Gasteiger charge is -2.33. The van der Waals surface area contributed by atoms with Gasteiger partial charge in [-0.1, -0.05) is 49.4 Å². The van der Waals surface area contributed by atoms with Crippen molar-refractivity contribution in [2.75, 3.05) is 25.5 Å². The lowest BCUT2D eigenvalue weighted by atomic mass is 9.97. The summed E-state index contributed by atoms with van der Waals surface area (Å²) >= 11 is 5.92. The highest BCUT2D eigenvalue weighted by atomic mass is 35.5. The Labute approximate surface area is 205 Å². The second-order valence-electron chi connectivity index (χ2n) is 7.85. The predicted octanol–water partition coefficient (Wildman–Crippen LogP) is 5.69. The summed E-state index contributed by atoms with van der Waals surface area (Å²) in [5.41, 5.74) is 2.90. The van der Waals surface area contributed by atoms with Crippen LogP contribution in [0.25, 0.3) is 0 Å². The molecule has 3 aromatic rings. The molecule has 176 valence electrons. The van der Waals surface area contributed by atoms with Crippen LogP contribution in [0.1, 0.15) is 45.7 Å². The minimum Gasteiger partial charge on any atom is -0.497 e. The molecule has 6 nitrogen and oxygen atoms in total. The first-order valence-corrected chi connectivity index (χ1v) is 11.0. The largest absolute Gasteiger partial charge is 0.497 e. The quantitative estimate of drug-likeness (QED) is 0.260. The lowest BCUT2D eigenvalue weighted by molar-refractivity contribution is 0.0992. The highest BCUT2D eigenvalue weighted by molar-refractivity contribution is 6.30. The number of halogens is 1. The molecule has 34 heavy (non-hydrogen) atoms. The molecule has 1 amide bonds. The number of anilines is 1. The minimum absolute atomic E-state index is 0. The Bertz CT molecular complexity index is 1190. The number of hydrogen-bond acceptors (Lipinski definition) is 4. The fourth-order valence-corrected chi connectivity index (χ4v) is 3.72. The van der Waals surface area contributed by atoms with Gasteiger partial charge in [-0.25, -0.2) is 0 Å². The van der Waals surface area contributed by atoms with Gasteiger partial charge >= 0.3 is 0 Å². The van der Waals surface area contributed by atoms with Gasteiger partial charge in [-0.2, -0.15) is 0 Å². The van der Waals surface area contributed by atoms with Crippen LogP contribution in [0.5, 0.6) is 5.75 Å². The van der Waals surface area contributed by atoms with Crippen LogP contribution >= 0.6 is 11.6 Å². The van der Waals surface area contributed by atoms with Gasteiger partial charge in [0, 0.05) is 46.9 Å². The molecule has 3 aromatic carbocycles. The molecule has 1 saturated heterocycles. The summed E-state index contributed by atoms with van der Waals surface area (Å²) in [6.07, 6.45) is 1.17. The SMILES string of the molecule is C.COc1ccc(CC(=O)c2ccc(C(=N)N3CCC3)cc2)c(C(=O)Nc2ccc(Cl)cc2)c1. The lowest BCUT2D eigenvalue weighted by Crippen LogP contribution is -2.42. The molecule has 1 aliphatic heterocycles. The molecule has 0 aromatic heterocycles. The molecule has 2 N–H and O–H groups in total. The highest BCUT2D eigenvalue weighted by Gasteiger charge is 2.20. The Kier molecular flexibility index (Phi) is 8.08. The van der Waals surface area contributed by atoms with Crippen molar-refractivity contribution < 1.29 is 14.3 Å². The van der Waals surface area contributed by atoms with Gasteiger partial charge in [0.05, 0.1) is 7.11 Å². The number of carbonyl (C=O) groups is 2. The van der Waals surface area contributed by atoms with Crippen molar-refractivity contribution >= 4 is 34.8 Å². The maximum Gasteiger partial charge on any atom is 0.256 e. The molecule has 4 rings (SSSR count). The van der Waals surface area contributed by atoms with Gasteiger partial charge in [-0.05, 0) is 48.4 Å². The van der Waals surface area contributed by atoms with E-state index in [4.69, 9.17) is 21.7 Å². The number of carbonyl (C=O) groups excluding carboxylic acids is 2. The van der Waals surface area contributed by atoms with Gasteiger partial charge in [0.2, 0.25) is 0 Å². The summed E-state index contributed by atoms with van der Waals surface area (Å²) in [4.78, 5) is 28.0. The van der Waals surface area contributed by atoms with E-state index in [9.17, 15) is 9.59 Å². The van der Waals surface area contributed by atoms with Crippen LogP contribution in [0.15, 0.2) is 66.7 Å². The van der Waals surface area contributed by atoms with Gasteiger partial charge in [0.25, 0.3) is 5.91 Å². The number of amidine groups is 1. The zero-order chi connectivity index (χ0) is 23.4. The average molecular weight is 478 g/mol. The van der Waals surface area contributed by atoms with E-state index in [-0.39, 0.29) is 25.5 Å². The van der Waals surface area contributed by atoms with Crippen LogP contribution in [0.4, 0.5) is 5.69 Å². The Hall–Kier alpha value is -3.64. The van der Waals surface area contributed by atoms with Crippen molar-refractivity contribution in [1.29, 1.82) is 5.41 Å². The molecule has 0 aliphatic carbocycles. The number of nitrogens with zero attached hydrogens (tertiary/aromatic N) is 1. The maximum absolute atomic E-state index is 13.0. The molecule has 0 spiro atoms. The number of hydrogen-bond donors (Lipinski definition) is 2. The highest BCUT2D eigenvalue weighted by Crippen LogP contribution is 2.22. The standard InChI is InChI=1S/C26H24ClN3O3.CH4/c1-33-22-12-7-19(23(16-22)26(32)29-21-10-8-20(27)9-11-21)15-24(31)17-3-5-18(6-4-17)25(28)30-13-2-14-30;/h3-12,16,28H,2,13-15H2,1H3,(H,29,32);1H4. The number of ketones is 1. The third-order valence-electron chi connectivity index (χ3n) is 5.67. The van der Waals surface area contributed by atoms with E-state index in [1.165, 1.54) is 7.11 Å². The van der Waals surface area contributed by atoms with Crippen molar-refractivity contribution in [3.05, 3.63) is 94.0 Å². The molecular formula is C27H28ClN3O3. The third-order valence-corrected chi connectivity index (χ3v) is 5.92. The second kappa shape index (κ2) is 11.0. The van der Waals surface area contributed by atoms with Gasteiger partial charge in [-0.3, -0.25) is 15.0 Å². The monoisotopic (exact) mass is 477 g/mol. The summed E-state index contributed by atoms with van der Waals surface area (Å²) in [5, 5.41) is 11.7. The van der Waals surface area contributed by atoms with Gasteiger partial charge in [0.15, 0.2) is 5.78 Å². The summed E-state index contributed by atoms with van der Waals surface area (Å²) in [5.74, 6) is 0.568. The van der Waals surface area contributed by atoms with Crippen molar-refractivity contribution in [3.8, 4) is 5.75 Å². The number of likely N-dealkylation sites (tertiary alicyclic amines) is 1. The normalized spacial score (nSPS) is 12.2. The number of benzene rings is 3. The molecular weight excluding hydrogens is 450 g/mol. The Morgan fingerprint density at radius 1 is 1.00 bits per heavy atom. The second-order valence-corrected chi connectivity index (χ2v) is 8.29. The maximum atomic E-state index is 13.0. The first kappa shape index (κ1) is 25.0.